The molecule has 0 atom stereocenters. The van der Waals surface area contributed by atoms with Crippen LogP contribution in [0.5, 0.6) is 11.5 Å². The maximum Gasteiger partial charge on any atom is 0.227 e. The van der Waals surface area contributed by atoms with Crippen molar-refractivity contribution < 1.29 is 9.47 Å². The van der Waals surface area contributed by atoms with E-state index in [1.54, 1.807) is 20.4 Å². The molecule has 4 rings (SSSR count). The lowest BCUT2D eigenvalue weighted by molar-refractivity contribution is 0.353. The quantitative estimate of drug-likeness (QED) is 0.745. The molecule has 0 fully saturated rings. The molecular formula is C21H22N4O2. The summed E-state index contributed by atoms with van der Waals surface area (Å²) in [4.78, 5) is 11.3. The minimum atomic E-state index is 0.719. The van der Waals surface area contributed by atoms with E-state index in [-0.39, 0.29) is 0 Å². The van der Waals surface area contributed by atoms with Gasteiger partial charge in [0.1, 0.15) is 5.82 Å². The van der Waals surface area contributed by atoms with Gasteiger partial charge in [-0.25, -0.2) is 4.98 Å². The van der Waals surface area contributed by atoms with Gasteiger partial charge in [-0.15, -0.1) is 0 Å². The molecule has 1 N–H and O–H groups in total. The Morgan fingerprint density at radius 1 is 0.963 bits per heavy atom. The zero-order chi connectivity index (χ0) is 18.6. The molecule has 1 aliphatic rings. The van der Waals surface area contributed by atoms with Crippen molar-refractivity contribution >= 4 is 17.5 Å². The number of benzene rings is 2. The first-order chi connectivity index (χ1) is 13.3. The molecule has 6 nitrogen and oxygen atoms in total. The lowest BCUT2D eigenvalue weighted by atomic mass is 9.99. The van der Waals surface area contributed by atoms with Crippen molar-refractivity contribution in [2.24, 2.45) is 0 Å². The molecule has 0 amide bonds. The molecule has 27 heavy (non-hydrogen) atoms. The number of hydrogen-bond acceptors (Lipinski definition) is 6. The van der Waals surface area contributed by atoms with Gasteiger partial charge in [-0.05, 0) is 47.9 Å². The third-order valence-corrected chi connectivity index (χ3v) is 4.69. The summed E-state index contributed by atoms with van der Waals surface area (Å²) in [6.45, 7) is 1.60. The highest BCUT2D eigenvalue weighted by Crippen LogP contribution is 2.34. The van der Waals surface area contributed by atoms with Gasteiger partial charge < -0.3 is 19.7 Å². The Morgan fingerprint density at radius 3 is 2.44 bits per heavy atom. The van der Waals surface area contributed by atoms with Crippen LogP contribution in [0.1, 0.15) is 11.1 Å². The predicted molar refractivity (Wildman–Crippen MR) is 106 cm³/mol. The normalized spacial score (nSPS) is 13.0. The number of nitrogens with one attached hydrogen (secondary N) is 1. The van der Waals surface area contributed by atoms with Crippen LogP contribution in [0.4, 0.5) is 17.5 Å². The second-order valence-electron chi connectivity index (χ2n) is 6.38. The fraction of sp³-hybridized carbons (Fsp3) is 0.238. The Hall–Kier alpha value is -3.28. The van der Waals surface area contributed by atoms with Crippen LogP contribution in [-0.4, -0.2) is 30.7 Å². The van der Waals surface area contributed by atoms with Crippen LogP contribution in [0.3, 0.4) is 0 Å². The number of methoxy groups -OCH3 is 2. The molecule has 3 aromatic rings. The molecule has 0 aliphatic carbocycles. The van der Waals surface area contributed by atoms with E-state index in [0.29, 0.717) is 0 Å². The number of hydrogen-bond donors (Lipinski definition) is 1. The van der Waals surface area contributed by atoms with Gasteiger partial charge in [0.25, 0.3) is 0 Å². The SMILES string of the molecule is COc1cc2c(cc1OC)CN(c1nccc(Nc3ccccc3)n1)CC2. The van der Waals surface area contributed by atoms with Crippen LogP contribution < -0.4 is 19.7 Å². The summed E-state index contributed by atoms with van der Waals surface area (Å²) in [5, 5.41) is 3.32. The Labute approximate surface area is 158 Å². The number of anilines is 3. The third kappa shape index (κ3) is 3.65. The monoisotopic (exact) mass is 362 g/mol. The lowest BCUT2D eigenvalue weighted by Gasteiger charge is -2.29. The van der Waals surface area contributed by atoms with E-state index < -0.39 is 0 Å². The average molecular weight is 362 g/mol. The second kappa shape index (κ2) is 7.53. The standard InChI is InChI=1S/C21H22N4O2/c1-26-18-12-15-9-11-25(14-16(15)13-19(18)27-2)21-22-10-8-20(24-21)23-17-6-4-3-5-7-17/h3-8,10,12-13H,9,11,14H2,1-2H3,(H,22,23,24). The minimum Gasteiger partial charge on any atom is -0.493 e. The van der Waals surface area contributed by atoms with Gasteiger partial charge in [0.2, 0.25) is 5.95 Å². The van der Waals surface area contributed by atoms with Crippen molar-refractivity contribution in [1.29, 1.82) is 0 Å². The minimum absolute atomic E-state index is 0.719. The van der Waals surface area contributed by atoms with Crippen LogP contribution in [0.25, 0.3) is 0 Å². The van der Waals surface area contributed by atoms with E-state index in [1.165, 1.54) is 11.1 Å². The maximum absolute atomic E-state index is 5.44. The smallest absolute Gasteiger partial charge is 0.227 e. The molecule has 138 valence electrons. The maximum atomic E-state index is 5.44. The van der Waals surface area contributed by atoms with Crippen LogP contribution in [-0.2, 0) is 13.0 Å². The lowest BCUT2D eigenvalue weighted by Crippen LogP contribution is -2.31. The second-order valence-corrected chi connectivity index (χ2v) is 6.38. The highest BCUT2D eigenvalue weighted by atomic mass is 16.5. The van der Waals surface area contributed by atoms with Gasteiger partial charge in [-0.3, -0.25) is 0 Å². The van der Waals surface area contributed by atoms with Gasteiger partial charge in [0.05, 0.1) is 14.2 Å². The fourth-order valence-electron chi connectivity index (χ4n) is 3.29. The first-order valence-electron chi connectivity index (χ1n) is 8.90. The molecule has 0 radical (unpaired) electrons. The van der Waals surface area contributed by atoms with Crippen molar-refractivity contribution in [3.8, 4) is 11.5 Å². The number of para-hydroxylation sites is 1. The largest absolute Gasteiger partial charge is 0.493 e. The fourth-order valence-corrected chi connectivity index (χ4v) is 3.29. The molecule has 1 aliphatic heterocycles. The predicted octanol–water partition coefficient (Wildman–Crippen LogP) is 3.80. The van der Waals surface area contributed by atoms with Gasteiger partial charge in [-0.2, -0.15) is 4.98 Å². The average Bonchev–Trinajstić information content (AvgIpc) is 2.73. The molecule has 0 unspecified atom stereocenters. The Balaban J connectivity index is 1.56. The zero-order valence-electron chi connectivity index (χ0n) is 15.5. The molecule has 1 aromatic heterocycles. The highest BCUT2D eigenvalue weighted by Gasteiger charge is 2.21. The van der Waals surface area contributed by atoms with E-state index in [1.807, 2.05) is 42.5 Å². The van der Waals surface area contributed by atoms with Crippen LogP contribution in [0.2, 0.25) is 0 Å². The number of aromatic nitrogens is 2. The van der Waals surface area contributed by atoms with Crippen LogP contribution in [0, 0.1) is 0 Å². The van der Waals surface area contributed by atoms with Gasteiger partial charge in [0, 0.05) is 25.0 Å². The number of rotatable bonds is 5. The van der Waals surface area contributed by atoms with E-state index >= 15 is 0 Å². The van der Waals surface area contributed by atoms with Crippen molar-refractivity contribution in [2.75, 3.05) is 31.0 Å². The Kier molecular flexibility index (Phi) is 4.78. The van der Waals surface area contributed by atoms with Crippen LogP contribution >= 0.6 is 0 Å². The molecule has 6 heteroatoms. The summed E-state index contributed by atoms with van der Waals surface area (Å²) in [6.07, 6.45) is 2.70. The van der Waals surface area contributed by atoms with E-state index in [9.17, 15) is 0 Å². The van der Waals surface area contributed by atoms with Crippen LogP contribution in [0.15, 0.2) is 54.7 Å². The number of nitrogens with zero attached hydrogens (tertiary/aromatic N) is 3. The molecule has 2 heterocycles. The highest BCUT2D eigenvalue weighted by molar-refractivity contribution is 5.57. The first kappa shape index (κ1) is 17.1. The van der Waals surface area contributed by atoms with Gasteiger partial charge in [-0.1, -0.05) is 18.2 Å². The third-order valence-electron chi connectivity index (χ3n) is 4.69. The van der Waals surface area contributed by atoms with Crippen molar-refractivity contribution in [3.05, 3.63) is 65.9 Å². The summed E-state index contributed by atoms with van der Waals surface area (Å²) in [5.41, 5.74) is 3.49. The van der Waals surface area contributed by atoms with E-state index in [2.05, 4.69) is 26.3 Å². The number of fused-ring (bicyclic) bond motifs is 1. The first-order valence-corrected chi connectivity index (χ1v) is 8.90. The van der Waals surface area contributed by atoms with Crippen molar-refractivity contribution in [1.82, 2.24) is 9.97 Å². The van der Waals surface area contributed by atoms with E-state index in [0.717, 1.165) is 48.5 Å². The van der Waals surface area contributed by atoms with Gasteiger partial charge in [0.15, 0.2) is 11.5 Å². The summed E-state index contributed by atoms with van der Waals surface area (Å²) in [6, 6.07) is 16.0. The Bertz CT molecular complexity index is 931. The van der Waals surface area contributed by atoms with Gasteiger partial charge >= 0.3 is 0 Å². The molecule has 0 saturated carbocycles. The molecule has 2 aromatic carbocycles. The Morgan fingerprint density at radius 2 is 1.70 bits per heavy atom. The molecule has 0 saturated heterocycles. The summed E-state index contributed by atoms with van der Waals surface area (Å²) in [7, 11) is 3.32. The van der Waals surface area contributed by atoms with Crippen molar-refractivity contribution in [2.45, 2.75) is 13.0 Å². The molecule has 0 spiro atoms. The summed E-state index contributed by atoms with van der Waals surface area (Å²) in [5.74, 6) is 3.02. The van der Waals surface area contributed by atoms with Crippen molar-refractivity contribution in [3.63, 3.8) is 0 Å². The number of ether oxygens (including phenoxy) is 2. The zero-order valence-corrected chi connectivity index (χ0v) is 15.5. The van der Waals surface area contributed by atoms with E-state index in [4.69, 9.17) is 9.47 Å². The molecular weight excluding hydrogens is 340 g/mol. The summed E-state index contributed by atoms with van der Waals surface area (Å²) >= 11 is 0. The summed E-state index contributed by atoms with van der Waals surface area (Å²) < 4.78 is 10.9. The topological polar surface area (TPSA) is 59.5 Å². The molecule has 0 bridgehead atoms.